The van der Waals surface area contributed by atoms with Crippen LogP contribution in [0.25, 0.3) is 0 Å². The third kappa shape index (κ3) is 2.96. The van der Waals surface area contributed by atoms with E-state index in [4.69, 9.17) is 4.74 Å². The summed E-state index contributed by atoms with van der Waals surface area (Å²) >= 11 is 0. The second-order valence-corrected chi connectivity index (χ2v) is 6.45. The SMILES string of the molecule is CCCCCC1(C)CCc2c(C)cc(C)c(C)c2O1. The first-order chi connectivity index (χ1) is 8.97. The normalized spacial score (nSPS) is 21.9. The minimum absolute atomic E-state index is 0.0488. The van der Waals surface area contributed by atoms with Gasteiger partial charge in [0.25, 0.3) is 0 Å². The fraction of sp³-hybridized carbons (Fsp3) is 0.667. The average Bonchev–Trinajstić information content (AvgIpc) is 2.36. The predicted molar refractivity (Wildman–Crippen MR) is 82.1 cm³/mol. The van der Waals surface area contributed by atoms with Gasteiger partial charge in [0.2, 0.25) is 0 Å². The molecule has 1 aliphatic rings. The number of hydrogen-bond acceptors (Lipinski definition) is 1. The van der Waals surface area contributed by atoms with Gasteiger partial charge in [0.1, 0.15) is 11.4 Å². The molecule has 0 spiro atoms. The molecule has 0 amide bonds. The van der Waals surface area contributed by atoms with Crippen molar-refractivity contribution in [3.63, 3.8) is 0 Å². The van der Waals surface area contributed by atoms with E-state index in [2.05, 4.69) is 40.7 Å². The maximum Gasteiger partial charge on any atom is 0.126 e. The highest BCUT2D eigenvalue weighted by molar-refractivity contribution is 5.51. The Balaban J connectivity index is 2.23. The van der Waals surface area contributed by atoms with Crippen LogP contribution in [0.4, 0.5) is 0 Å². The van der Waals surface area contributed by atoms with Crippen molar-refractivity contribution in [1.29, 1.82) is 0 Å². The molecule has 106 valence electrons. The number of hydrogen-bond donors (Lipinski definition) is 0. The molecule has 0 radical (unpaired) electrons. The van der Waals surface area contributed by atoms with Gasteiger partial charge in [-0.3, -0.25) is 0 Å². The lowest BCUT2D eigenvalue weighted by molar-refractivity contribution is 0.0525. The van der Waals surface area contributed by atoms with E-state index in [1.54, 1.807) is 0 Å². The molecule has 2 rings (SSSR count). The van der Waals surface area contributed by atoms with Crippen LogP contribution >= 0.6 is 0 Å². The second kappa shape index (κ2) is 5.56. The Morgan fingerprint density at radius 2 is 1.89 bits per heavy atom. The van der Waals surface area contributed by atoms with Gasteiger partial charge in [-0.2, -0.15) is 0 Å². The molecule has 0 bridgehead atoms. The molecule has 1 aromatic rings. The van der Waals surface area contributed by atoms with Crippen molar-refractivity contribution >= 4 is 0 Å². The number of fused-ring (bicyclic) bond motifs is 1. The van der Waals surface area contributed by atoms with Crippen LogP contribution in [-0.2, 0) is 6.42 Å². The summed E-state index contributed by atoms with van der Waals surface area (Å²) in [6.07, 6.45) is 7.40. The summed E-state index contributed by atoms with van der Waals surface area (Å²) in [6, 6.07) is 2.30. The van der Waals surface area contributed by atoms with Crippen LogP contribution in [0.1, 0.15) is 68.2 Å². The van der Waals surface area contributed by atoms with Crippen molar-refractivity contribution in [2.45, 2.75) is 78.7 Å². The number of unbranched alkanes of at least 4 members (excludes halogenated alkanes) is 2. The molecule has 0 N–H and O–H groups in total. The first-order valence-electron chi connectivity index (χ1n) is 7.75. The Labute approximate surface area is 118 Å². The van der Waals surface area contributed by atoms with Crippen LogP contribution in [-0.4, -0.2) is 5.60 Å². The van der Waals surface area contributed by atoms with Gasteiger partial charge in [0.15, 0.2) is 0 Å². The lowest BCUT2D eigenvalue weighted by Crippen LogP contribution is -2.37. The third-order valence-electron chi connectivity index (χ3n) is 4.68. The van der Waals surface area contributed by atoms with Gasteiger partial charge >= 0.3 is 0 Å². The highest BCUT2D eigenvalue weighted by Crippen LogP contribution is 2.40. The van der Waals surface area contributed by atoms with Gasteiger partial charge in [0.05, 0.1) is 0 Å². The molecular weight excluding hydrogens is 232 g/mol. The van der Waals surface area contributed by atoms with E-state index in [0.717, 1.165) is 6.42 Å². The molecular formula is C18H28O. The van der Waals surface area contributed by atoms with E-state index in [9.17, 15) is 0 Å². The minimum atomic E-state index is 0.0488. The third-order valence-corrected chi connectivity index (χ3v) is 4.68. The van der Waals surface area contributed by atoms with Crippen LogP contribution in [0.15, 0.2) is 6.07 Å². The first kappa shape index (κ1) is 14.4. The van der Waals surface area contributed by atoms with Crippen molar-refractivity contribution in [2.75, 3.05) is 0 Å². The van der Waals surface area contributed by atoms with E-state index in [0.29, 0.717) is 0 Å². The molecule has 0 saturated heterocycles. The summed E-state index contributed by atoms with van der Waals surface area (Å²) in [6.45, 7) is 11.2. The summed E-state index contributed by atoms with van der Waals surface area (Å²) in [7, 11) is 0. The Bertz CT molecular complexity index is 461. The fourth-order valence-corrected chi connectivity index (χ4v) is 3.17. The summed E-state index contributed by atoms with van der Waals surface area (Å²) in [5.74, 6) is 1.18. The van der Waals surface area contributed by atoms with Gasteiger partial charge in [-0.15, -0.1) is 0 Å². The standard InChI is InChI=1S/C18H28O/c1-6-7-8-10-18(5)11-9-16-14(3)12-13(2)15(4)17(16)19-18/h12H,6-11H2,1-5H3. The van der Waals surface area contributed by atoms with Crippen LogP contribution in [0.3, 0.4) is 0 Å². The van der Waals surface area contributed by atoms with Gasteiger partial charge in [0, 0.05) is 0 Å². The molecule has 1 heteroatoms. The molecule has 1 heterocycles. The van der Waals surface area contributed by atoms with Crippen molar-refractivity contribution in [2.24, 2.45) is 0 Å². The van der Waals surface area contributed by atoms with E-state index < -0.39 is 0 Å². The molecule has 19 heavy (non-hydrogen) atoms. The van der Waals surface area contributed by atoms with Crippen molar-refractivity contribution in [3.8, 4) is 5.75 Å². The second-order valence-electron chi connectivity index (χ2n) is 6.45. The van der Waals surface area contributed by atoms with Gasteiger partial charge in [-0.05, 0) is 75.6 Å². The molecule has 0 aliphatic carbocycles. The highest BCUT2D eigenvalue weighted by Gasteiger charge is 2.32. The largest absolute Gasteiger partial charge is 0.487 e. The van der Waals surface area contributed by atoms with Crippen molar-refractivity contribution < 1.29 is 4.74 Å². The Kier molecular flexibility index (Phi) is 4.23. The average molecular weight is 260 g/mol. The van der Waals surface area contributed by atoms with Gasteiger partial charge < -0.3 is 4.74 Å². The van der Waals surface area contributed by atoms with Crippen LogP contribution in [0.5, 0.6) is 5.75 Å². The van der Waals surface area contributed by atoms with Gasteiger partial charge in [-0.1, -0.05) is 25.8 Å². The van der Waals surface area contributed by atoms with E-state index in [-0.39, 0.29) is 5.60 Å². The van der Waals surface area contributed by atoms with Crippen LogP contribution < -0.4 is 4.74 Å². The summed E-state index contributed by atoms with van der Waals surface area (Å²) in [5.41, 5.74) is 5.58. The number of aryl methyl sites for hydroxylation is 2. The van der Waals surface area contributed by atoms with E-state index >= 15 is 0 Å². The summed E-state index contributed by atoms with van der Waals surface area (Å²) in [5, 5.41) is 0. The molecule has 1 unspecified atom stereocenters. The topological polar surface area (TPSA) is 9.23 Å². The molecule has 0 fully saturated rings. The number of ether oxygens (including phenoxy) is 1. The smallest absolute Gasteiger partial charge is 0.126 e. The van der Waals surface area contributed by atoms with Crippen LogP contribution in [0.2, 0.25) is 0 Å². The zero-order chi connectivity index (χ0) is 14.0. The fourth-order valence-electron chi connectivity index (χ4n) is 3.17. The number of rotatable bonds is 4. The predicted octanol–water partition coefficient (Wildman–Crippen LogP) is 5.28. The Morgan fingerprint density at radius 3 is 2.58 bits per heavy atom. The quantitative estimate of drug-likeness (QED) is 0.670. The van der Waals surface area contributed by atoms with Gasteiger partial charge in [-0.25, -0.2) is 0 Å². The lowest BCUT2D eigenvalue weighted by Gasteiger charge is -2.38. The molecule has 1 aromatic carbocycles. The molecule has 1 atom stereocenters. The minimum Gasteiger partial charge on any atom is -0.487 e. The Morgan fingerprint density at radius 1 is 1.16 bits per heavy atom. The maximum atomic E-state index is 6.46. The molecule has 1 nitrogen and oxygen atoms in total. The Hall–Kier alpha value is -0.980. The van der Waals surface area contributed by atoms with E-state index in [1.807, 2.05) is 0 Å². The zero-order valence-electron chi connectivity index (χ0n) is 13.2. The molecule has 0 saturated carbocycles. The lowest BCUT2D eigenvalue weighted by atomic mass is 9.85. The monoisotopic (exact) mass is 260 g/mol. The van der Waals surface area contributed by atoms with Crippen LogP contribution in [0, 0.1) is 20.8 Å². The molecule has 1 aliphatic heterocycles. The zero-order valence-corrected chi connectivity index (χ0v) is 13.2. The first-order valence-corrected chi connectivity index (χ1v) is 7.75. The highest BCUT2D eigenvalue weighted by atomic mass is 16.5. The van der Waals surface area contributed by atoms with Crippen molar-refractivity contribution in [1.82, 2.24) is 0 Å². The maximum absolute atomic E-state index is 6.46. The summed E-state index contributed by atoms with van der Waals surface area (Å²) < 4.78 is 6.46. The number of benzene rings is 1. The molecule has 0 aromatic heterocycles. The van der Waals surface area contributed by atoms with E-state index in [1.165, 1.54) is 60.1 Å². The van der Waals surface area contributed by atoms with Crippen molar-refractivity contribution in [3.05, 3.63) is 28.3 Å². The summed E-state index contributed by atoms with van der Waals surface area (Å²) in [4.78, 5) is 0.